The zero-order valence-electron chi connectivity index (χ0n) is 17.9. The average Bonchev–Trinajstić information content (AvgIpc) is 3.36. The van der Waals surface area contributed by atoms with Gasteiger partial charge in [-0.2, -0.15) is 10.4 Å². The number of hydrogen-bond donors (Lipinski definition) is 2. The molecular weight excluding hydrogens is 390 g/mol. The maximum absolute atomic E-state index is 10.7. The summed E-state index contributed by atoms with van der Waals surface area (Å²) in [7, 11) is 0. The first-order chi connectivity index (χ1) is 14.8. The van der Waals surface area contributed by atoms with Gasteiger partial charge in [0.2, 0.25) is 0 Å². The Labute approximate surface area is 179 Å². The van der Waals surface area contributed by atoms with Gasteiger partial charge in [-0.3, -0.25) is 14.6 Å². The van der Waals surface area contributed by atoms with E-state index in [0.717, 1.165) is 27.7 Å². The zero-order chi connectivity index (χ0) is 22.2. The standard InChI is InChI=1S/C23H23N7O/c1-5-17(27-20-7-9-30(29-20)23(3,4)13-24)21-15-10-18(16-11-25-8-6-14(16)2)26-12-19(15)28-22(21)31/h6-12,28,31H,5H2,1-4H3. The van der Waals surface area contributed by atoms with Crippen molar-refractivity contribution in [2.75, 3.05) is 0 Å². The second kappa shape index (κ2) is 7.69. The highest BCUT2D eigenvalue weighted by Gasteiger charge is 2.21. The summed E-state index contributed by atoms with van der Waals surface area (Å²) < 4.78 is 1.58. The first-order valence-corrected chi connectivity index (χ1v) is 10.0. The summed E-state index contributed by atoms with van der Waals surface area (Å²) in [5.74, 6) is 0.514. The molecule has 8 nitrogen and oxygen atoms in total. The highest BCUT2D eigenvalue weighted by atomic mass is 16.3. The Balaban J connectivity index is 1.83. The molecule has 0 aromatic carbocycles. The number of nitriles is 1. The van der Waals surface area contributed by atoms with Crippen molar-refractivity contribution in [3.05, 3.63) is 54.1 Å². The number of nitrogens with one attached hydrogen (secondary N) is 1. The molecule has 0 unspecified atom stereocenters. The van der Waals surface area contributed by atoms with Crippen LogP contribution in [0.2, 0.25) is 0 Å². The van der Waals surface area contributed by atoms with Crippen LogP contribution in [0.1, 0.15) is 38.3 Å². The van der Waals surface area contributed by atoms with Crippen molar-refractivity contribution in [3.63, 3.8) is 0 Å². The molecule has 8 heteroatoms. The van der Waals surface area contributed by atoms with E-state index in [9.17, 15) is 10.4 Å². The Kier molecular flexibility index (Phi) is 5.03. The molecule has 0 saturated heterocycles. The molecule has 4 rings (SSSR count). The molecule has 0 bridgehead atoms. The molecule has 31 heavy (non-hydrogen) atoms. The fourth-order valence-electron chi connectivity index (χ4n) is 3.44. The van der Waals surface area contributed by atoms with Crippen molar-refractivity contribution >= 4 is 22.4 Å². The Bertz CT molecular complexity index is 1340. The SMILES string of the molecule is CCC(=Nc1ccn(C(C)(C)C#N)n1)c1c(O)[nH]c2cnc(-c3cnccc3C)cc12. The van der Waals surface area contributed by atoms with E-state index in [2.05, 4.69) is 31.1 Å². The molecule has 4 heterocycles. The quantitative estimate of drug-likeness (QED) is 0.463. The molecule has 0 fully saturated rings. The number of hydrogen-bond acceptors (Lipinski definition) is 6. The predicted octanol–water partition coefficient (Wildman–Crippen LogP) is 4.62. The van der Waals surface area contributed by atoms with Crippen LogP contribution in [0.4, 0.5) is 5.82 Å². The summed E-state index contributed by atoms with van der Waals surface area (Å²) in [5.41, 5.74) is 4.02. The van der Waals surface area contributed by atoms with E-state index in [0.29, 0.717) is 23.5 Å². The lowest BCUT2D eigenvalue weighted by molar-refractivity contribution is 0.419. The normalized spacial score (nSPS) is 12.3. The highest BCUT2D eigenvalue weighted by Crippen LogP contribution is 2.32. The topological polar surface area (TPSA) is 116 Å². The van der Waals surface area contributed by atoms with E-state index in [1.165, 1.54) is 0 Å². The van der Waals surface area contributed by atoms with Crippen LogP contribution < -0.4 is 0 Å². The van der Waals surface area contributed by atoms with Crippen LogP contribution in [0.15, 0.2) is 48.0 Å². The van der Waals surface area contributed by atoms with Crippen LogP contribution in [0.3, 0.4) is 0 Å². The molecule has 156 valence electrons. The van der Waals surface area contributed by atoms with Crippen LogP contribution in [-0.2, 0) is 5.54 Å². The van der Waals surface area contributed by atoms with E-state index in [1.54, 1.807) is 49.4 Å². The van der Waals surface area contributed by atoms with E-state index in [-0.39, 0.29) is 5.88 Å². The van der Waals surface area contributed by atoms with Gasteiger partial charge < -0.3 is 10.1 Å². The van der Waals surface area contributed by atoms with Gasteiger partial charge in [-0.25, -0.2) is 4.99 Å². The smallest absolute Gasteiger partial charge is 0.198 e. The van der Waals surface area contributed by atoms with Crippen LogP contribution >= 0.6 is 0 Å². The second-order valence-electron chi connectivity index (χ2n) is 7.86. The largest absolute Gasteiger partial charge is 0.494 e. The number of rotatable bonds is 5. The van der Waals surface area contributed by atoms with Crippen LogP contribution in [0.25, 0.3) is 22.2 Å². The van der Waals surface area contributed by atoms with Gasteiger partial charge in [0.15, 0.2) is 11.7 Å². The fourth-order valence-corrected chi connectivity index (χ4v) is 3.44. The molecule has 4 aromatic heterocycles. The van der Waals surface area contributed by atoms with Crippen molar-refractivity contribution in [3.8, 4) is 23.2 Å². The van der Waals surface area contributed by atoms with E-state index >= 15 is 0 Å². The van der Waals surface area contributed by atoms with Crippen molar-refractivity contribution in [2.24, 2.45) is 4.99 Å². The Hall–Kier alpha value is -3.99. The minimum atomic E-state index is -0.773. The lowest BCUT2D eigenvalue weighted by atomic mass is 10.0. The zero-order valence-corrected chi connectivity index (χ0v) is 17.9. The Morgan fingerprint density at radius 3 is 2.84 bits per heavy atom. The summed E-state index contributed by atoms with van der Waals surface area (Å²) in [6.45, 7) is 7.56. The first-order valence-electron chi connectivity index (χ1n) is 10.0. The van der Waals surface area contributed by atoms with Gasteiger partial charge in [-0.05, 0) is 44.9 Å². The lowest BCUT2D eigenvalue weighted by Gasteiger charge is -2.15. The minimum Gasteiger partial charge on any atom is -0.494 e. The number of aryl methyl sites for hydroxylation is 1. The van der Waals surface area contributed by atoms with Crippen molar-refractivity contribution in [1.82, 2.24) is 24.7 Å². The van der Waals surface area contributed by atoms with Crippen LogP contribution in [0, 0.1) is 18.3 Å². The molecule has 0 atom stereocenters. The van der Waals surface area contributed by atoms with Gasteiger partial charge in [0.1, 0.15) is 5.54 Å². The number of pyridine rings is 2. The third-order valence-corrected chi connectivity index (χ3v) is 5.27. The van der Waals surface area contributed by atoms with Crippen molar-refractivity contribution < 1.29 is 5.11 Å². The summed E-state index contributed by atoms with van der Waals surface area (Å²) in [5, 5.41) is 25.2. The third kappa shape index (κ3) is 3.66. The molecule has 0 radical (unpaired) electrons. The Morgan fingerprint density at radius 2 is 2.13 bits per heavy atom. The number of nitrogens with zero attached hydrogens (tertiary/aromatic N) is 6. The highest BCUT2D eigenvalue weighted by molar-refractivity contribution is 6.14. The van der Waals surface area contributed by atoms with Crippen molar-refractivity contribution in [2.45, 2.75) is 39.7 Å². The number of fused-ring (bicyclic) bond motifs is 1. The molecular formula is C23H23N7O. The molecule has 0 spiro atoms. The molecule has 0 aliphatic rings. The van der Waals surface area contributed by atoms with Crippen LogP contribution in [0.5, 0.6) is 5.88 Å². The molecule has 0 amide bonds. The Morgan fingerprint density at radius 1 is 1.32 bits per heavy atom. The number of H-pyrrole nitrogens is 1. The maximum Gasteiger partial charge on any atom is 0.198 e. The summed E-state index contributed by atoms with van der Waals surface area (Å²) >= 11 is 0. The van der Waals surface area contributed by atoms with Gasteiger partial charge in [-0.15, -0.1) is 0 Å². The third-order valence-electron chi connectivity index (χ3n) is 5.27. The molecule has 0 aliphatic heterocycles. The summed E-state index contributed by atoms with van der Waals surface area (Å²) in [6, 6.07) is 7.85. The predicted molar refractivity (Wildman–Crippen MR) is 119 cm³/mol. The summed E-state index contributed by atoms with van der Waals surface area (Å²) in [4.78, 5) is 16.4. The second-order valence-corrected chi connectivity index (χ2v) is 7.86. The van der Waals surface area contributed by atoms with Gasteiger partial charge in [0.25, 0.3) is 0 Å². The fraction of sp³-hybridized carbons (Fsp3) is 0.261. The number of aromatic amines is 1. The van der Waals surface area contributed by atoms with Gasteiger partial charge in [-0.1, -0.05) is 6.92 Å². The number of aromatic nitrogens is 5. The number of aliphatic imine (C=N–C) groups is 1. The summed E-state index contributed by atoms with van der Waals surface area (Å²) in [6.07, 6.45) is 7.56. The lowest BCUT2D eigenvalue weighted by Crippen LogP contribution is -2.24. The van der Waals surface area contributed by atoms with E-state index in [4.69, 9.17) is 0 Å². The number of aromatic hydroxyl groups is 1. The van der Waals surface area contributed by atoms with E-state index < -0.39 is 5.54 Å². The average molecular weight is 413 g/mol. The molecule has 4 aromatic rings. The van der Waals surface area contributed by atoms with Crippen LogP contribution in [-0.4, -0.2) is 35.6 Å². The van der Waals surface area contributed by atoms with Gasteiger partial charge >= 0.3 is 0 Å². The minimum absolute atomic E-state index is 0.0363. The van der Waals surface area contributed by atoms with Crippen molar-refractivity contribution in [1.29, 1.82) is 5.26 Å². The van der Waals surface area contributed by atoms with Gasteiger partial charge in [0.05, 0.1) is 34.8 Å². The monoisotopic (exact) mass is 413 g/mol. The first kappa shape index (κ1) is 20.3. The molecule has 0 aliphatic carbocycles. The molecule has 2 N–H and O–H groups in total. The van der Waals surface area contributed by atoms with Gasteiger partial charge in [0, 0.05) is 35.6 Å². The molecule has 0 saturated carbocycles. The maximum atomic E-state index is 10.7. The van der Waals surface area contributed by atoms with E-state index in [1.807, 2.05) is 26.0 Å².